The molecule has 1 aromatic carbocycles. The molecule has 1 aromatic heterocycles. The first-order valence-electron chi connectivity index (χ1n) is 5.68. The number of hydrogen-bond donors (Lipinski definition) is 1. The number of nitrogens with two attached hydrogens (primary N) is 1. The van der Waals surface area contributed by atoms with Crippen LogP contribution in [0.5, 0.6) is 0 Å². The fourth-order valence-corrected chi connectivity index (χ4v) is 1.71. The predicted molar refractivity (Wildman–Crippen MR) is 65.3 cm³/mol. The second-order valence-corrected chi connectivity index (χ2v) is 4.37. The Morgan fingerprint density at radius 2 is 2.00 bits per heavy atom. The van der Waals surface area contributed by atoms with Gasteiger partial charge >= 0.3 is 0 Å². The van der Waals surface area contributed by atoms with E-state index in [9.17, 15) is 0 Å². The van der Waals surface area contributed by atoms with Crippen LogP contribution in [-0.2, 0) is 6.54 Å². The maximum absolute atomic E-state index is 5.93. The van der Waals surface area contributed by atoms with Gasteiger partial charge in [0.05, 0.1) is 12.1 Å². The second kappa shape index (κ2) is 4.22. The van der Waals surface area contributed by atoms with Crippen LogP contribution in [-0.4, -0.2) is 21.0 Å². The normalized spacial score (nSPS) is 13.2. The quantitative estimate of drug-likeness (QED) is 0.854. The maximum Gasteiger partial charge on any atom is 0.113 e. The molecule has 1 unspecified atom stereocenters. The van der Waals surface area contributed by atoms with Gasteiger partial charge < -0.3 is 5.73 Å². The molecule has 16 heavy (non-hydrogen) atoms. The number of hydrogen-bond acceptors (Lipinski definition) is 3. The molecule has 0 amide bonds. The monoisotopic (exact) mass is 218 g/mol. The van der Waals surface area contributed by atoms with Gasteiger partial charge in [0.2, 0.25) is 0 Å². The number of fused-ring (bicyclic) bond motifs is 1. The van der Waals surface area contributed by atoms with Crippen molar-refractivity contribution >= 4 is 11.0 Å². The highest BCUT2D eigenvalue weighted by atomic mass is 15.4. The van der Waals surface area contributed by atoms with E-state index in [0.29, 0.717) is 0 Å². The van der Waals surface area contributed by atoms with Crippen LogP contribution in [0.4, 0.5) is 0 Å². The number of nitrogens with zero attached hydrogens (tertiary/aromatic N) is 3. The summed E-state index contributed by atoms with van der Waals surface area (Å²) in [5.74, 6) is 0. The number of rotatable bonds is 3. The van der Waals surface area contributed by atoms with E-state index in [0.717, 1.165) is 24.0 Å². The Balaban J connectivity index is 2.44. The molecule has 0 aliphatic rings. The lowest BCUT2D eigenvalue weighted by molar-refractivity contribution is 0.499. The van der Waals surface area contributed by atoms with Crippen molar-refractivity contribution in [2.75, 3.05) is 0 Å². The summed E-state index contributed by atoms with van der Waals surface area (Å²) in [5, 5.41) is 8.32. The van der Waals surface area contributed by atoms with Crippen molar-refractivity contribution in [3.63, 3.8) is 0 Å². The SMILES string of the molecule is CCC(N)Cn1nnc2cc(C)c(C)cc21. The van der Waals surface area contributed by atoms with E-state index in [1.54, 1.807) is 0 Å². The second-order valence-electron chi connectivity index (χ2n) is 4.37. The van der Waals surface area contributed by atoms with Gasteiger partial charge in [-0.3, -0.25) is 0 Å². The molecule has 2 N–H and O–H groups in total. The number of benzene rings is 1. The van der Waals surface area contributed by atoms with Gasteiger partial charge in [0.25, 0.3) is 0 Å². The van der Waals surface area contributed by atoms with E-state index in [1.807, 2.05) is 4.68 Å². The van der Waals surface area contributed by atoms with Crippen molar-refractivity contribution < 1.29 is 0 Å². The smallest absolute Gasteiger partial charge is 0.113 e. The van der Waals surface area contributed by atoms with Crippen LogP contribution in [0.3, 0.4) is 0 Å². The summed E-state index contributed by atoms with van der Waals surface area (Å²) < 4.78 is 1.90. The molecule has 0 aliphatic heterocycles. The van der Waals surface area contributed by atoms with Gasteiger partial charge in [0, 0.05) is 6.04 Å². The molecular formula is C12H18N4. The molecule has 1 atom stereocenters. The van der Waals surface area contributed by atoms with E-state index in [2.05, 4.69) is 43.2 Å². The lowest BCUT2D eigenvalue weighted by Crippen LogP contribution is -2.25. The Hall–Kier alpha value is -1.42. The minimum Gasteiger partial charge on any atom is -0.326 e. The van der Waals surface area contributed by atoms with E-state index in [1.165, 1.54) is 11.1 Å². The van der Waals surface area contributed by atoms with Crippen LogP contribution in [0.25, 0.3) is 11.0 Å². The first-order valence-corrected chi connectivity index (χ1v) is 5.68. The van der Waals surface area contributed by atoms with E-state index >= 15 is 0 Å². The molecule has 4 heteroatoms. The van der Waals surface area contributed by atoms with Crippen molar-refractivity contribution in [1.82, 2.24) is 15.0 Å². The molecule has 4 nitrogen and oxygen atoms in total. The Kier molecular flexibility index (Phi) is 2.92. The lowest BCUT2D eigenvalue weighted by Gasteiger charge is -2.09. The first kappa shape index (κ1) is 11.1. The Morgan fingerprint density at radius 3 is 2.69 bits per heavy atom. The van der Waals surface area contributed by atoms with E-state index in [4.69, 9.17) is 5.73 Å². The van der Waals surface area contributed by atoms with E-state index < -0.39 is 0 Å². The van der Waals surface area contributed by atoms with Gasteiger partial charge in [-0.15, -0.1) is 5.10 Å². The molecule has 0 aliphatic carbocycles. The summed E-state index contributed by atoms with van der Waals surface area (Å²) in [6.07, 6.45) is 0.951. The fourth-order valence-electron chi connectivity index (χ4n) is 1.71. The van der Waals surface area contributed by atoms with Crippen molar-refractivity contribution in [3.05, 3.63) is 23.3 Å². The van der Waals surface area contributed by atoms with Crippen LogP contribution in [0.15, 0.2) is 12.1 Å². The topological polar surface area (TPSA) is 56.7 Å². The van der Waals surface area contributed by atoms with Gasteiger partial charge in [-0.1, -0.05) is 12.1 Å². The van der Waals surface area contributed by atoms with Gasteiger partial charge in [0.15, 0.2) is 0 Å². The van der Waals surface area contributed by atoms with Crippen molar-refractivity contribution in [1.29, 1.82) is 0 Å². The first-order chi connectivity index (χ1) is 7.61. The number of aromatic nitrogens is 3. The van der Waals surface area contributed by atoms with Gasteiger partial charge in [-0.25, -0.2) is 4.68 Å². The van der Waals surface area contributed by atoms with Crippen LogP contribution in [0.1, 0.15) is 24.5 Å². The summed E-state index contributed by atoms with van der Waals surface area (Å²) >= 11 is 0. The zero-order valence-corrected chi connectivity index (χ0v) is 10.1. The predicted octanol–water partition coefficient (Wildman–Crippen LogP) is 1.79. The molecule has 2 aromatic rings. The molecule has 0 bridgehead atoms. The Bertz CT molecular complexity index is 501. The zero-order valence-electron chi connectivity index (χ0n) is 10.1. The summed E-state index contributed by atoms with van der Waals surface area (Å²) in [7, 11) is 0. The van der Waals surface area contributed by atoms with Crippen LogP contribution < -0.4 is 5.73 Å². The molecule has 1 heterocycles. The van der Waals surface area contributed by atoms with Crippen molar-refractivity contribution in [2.24, 2.45) is 5.73 Å². The summed E-state index contributed by atoms with van der Waals surface area (Å²) in [6, 6.07) is 4.35. The van der Waals surface area contributed by atoms with Gasteiger partial charge in [-0.05, 0) is 43.5 Å². The van der Waals surface area contributed by atoms with Gasteiger partial charge in [0.1, 0.15) is 5.52 Å². The molecule has 0 fully saturated rings. The third-order valence-electron chi connectivity index (χ3n) is 3.06. The molecule has 2 rings (SSSR count). The van der Waals surface area contributed by atoms with Crippen LogP contribution >= 0.6 is 0 Å². The van der Waals surface area contributed by atoms with Crippen molar-refractivity contribution in [2.45, 2.75) is 39.8 Å². The third-order valence-corrected chi connectivity index (χ3v) is 3.06. The summed E-state index contributed by atoms with van der Waals surface area (Å²) in [4.78, 5) is 0. The van der Waals surface area contributed by atoms with Crippen LogP contribution in [0.2, 0.25) is 0 Å². The highest BCUT2D eigenvalue weighted by Gasteiger charge is 2.08. The Labute approximate surface area is 95.4 Å². The minimum atomic E-state index is 0.145. The number of aryl methyl sites for hydroxylation is 2. The average Bonchev–Trinajstić information content (AvgIpc) is 2.62. The Morgan fingerprint density at radius 1 is 1.31 bits per heavy atom. The third kappa shape index (κ3) is 1.93. The highest BCUT2D eigenvalue weighted by molar-refractivity contribution is 5.76. The maximum atomic E-state index is 5.93. The molecular weight excluding hydrogens is 200 g/mol. The standard InChI is InChI=1S/C12H18N4/c1-4-10(13)7-16-12-6-9(3)8(2)5-11(12)14-15-16/h5-6,10H,4,7,13H2,1-3H3. The minimum absolute atomic E-state index is 0.145. The molecule has 0 saturated carbocycles. The largest absolute Gasteiger partial charge is 0.326 e. The summed E-state index contributed by atoms with van der Waals surface area (Å²) in [5.41, 5.74) is 10.5. The fraction of sp³-hybridized carbons (Fsp3) is 0.500. The van der Waals surface area contributed by atoms with Crippen LogP contribution in [0, 0.1) is 13.8 Å². The van der Waals surface area contributed by atoms with E-state index in [-0.39, 0.29) is 6.04 Å². The molecule has 86 valence electrons. The summed E-state index contributed by atoms with van der Waals surface area (Å²) in [6.45, 7) is 7.01. The van der Waals surface area contributed by atoms with Gasteiger partial charge in [-0.2, -0.15) is 0 Å². The molecule has 0 radical (unpaired) electrons. The lowest BCUT2D eigenvalue weighted by atomic mass is 10.1. The molecule has 0 spiro atoms. The van der Waals surface area contributed by atoms with Crippen molar-refractivity contribution in [3.8, 4) is 0 Å². The highest BCUT2D eigenvalue weighted by Crippen LogP contribution is 2.17. The zero-order chi connectivity index (χ0) is 11.7. The molecule has 0 saturated heterocycles. The average molecular weight is 218 g/mol.